The van der Waals surface area contributed by atoms with Gasteiger partial charge in [-0.15, -0.1) is 6.42 Å². The van der Waals surface area contributed by atoms with Crippen LogP contribution in [0.1, 0.15) is 19.8 Å². The van der Waals surface area contributed by atoms with Crippen LogP contribution in [-0.2, 0) is 15.0 Å². The van der Waals surface area contributed by atoms with Crippen LogP contribution in [-0.4, -0.2) is 54.3 Å². The first-order valence-electron chi connectivity index (χ1n) is 5.78. The van der Waals surface area contributed by atoms with Gasteiger partial charge in [-0.3, -0.25) is 4.79 Å². The lowest BCUT2D eigenvalue weighted by atomic mass is 10.0. The first-order valence-corrected chi connectivity index (χ1v) is 7.18. The van der Waals surface area contributed by atoms with Gasteiger partial charge in [0, 0.05) is 13.1 Å². The van der Waals surface area contributed by atoms with Crippen LogP contribution in [0.3, 0.4) is 0 Å². The van der Waals surface area contributed by atoms with Crippen molar-refractivity contribution in [2.24, 2.45) is 5.92 Å². The summed E-state index contributed by atoms with van der Waals surface area (Å²) in [6.07, 6.45) is 6.87. The van der Waals surface area contributed by atoms with E-state index < -0.39 is 22.7 Å². The van der Waals surface area contributed by atoms with Gasteiger partial charge in [0.15, 0.2) is 0 Å². The maximum atomic E-state index is 12.2. The van der Waals surface area contributed by atoms with Crippen LogP contribution in [0, 0.1) is 18.3 Å². The largest absolute Gasteiger partial charge is 0.480 e. The molecular formula is C11H18N2O4S. The summed E-state index contributed by atoms with van der Waals surface area (Å²) >= 11 is 0. The Hall–Kier alpha value is -1.10. The zero-order valence-electron chi connectivity index (χ0n) is 10.4. The van der Waals surface area contributed by atoms with Crippen molar-refractivity contribution in [2.45, 2.75) is 19.8 Å². The van der Waals surface area contributed by atoms with E-state index in [-0.39, 0.29) is 12.5 Å². The quantitative estimate of drug-likeness (QED) is 0.715. The molecule has 0 bridgehead atoms. The van der Waals surface area contributed by atoms with Gasteiger partial charge in [-0.25, -0.2) is 0 Å². The van der Waals surface area contributed by atoms with Crippen LogP contribution in [0.5, 0.6) is 0 Å². The topological polar surface area (TPSA) is 77.9 Å². The van der Waals surface area contributed by atoms with Gasteiger partial charge in [0.1, 0.15) is 6.54 Å². The Morgan fingerprint density at radius 1 is 1.61 bits per heavy atom. The van der Waals surface area contributed by atoms with Gasteiger partial charge in [0.05, 0.1) is 6.54 Å². The molecule has 0 amide bonds. The molecule has 1 unspecified atom stereocenters. The number of carboxylic acid groups (broad SMARTS) is 1. The fourth-order valence-electron chi connectivity index (χ4n) is 1.99. The van der Waals surface area contributed by atoms with Crippen molar-refractivity contribution in [3.05, 3.63) is 0 Å². The van der Waals surface area contributed by atoms with E-state index >= 15 is 0 Å². The Bertz CT molecular complexity index is 440. The number of hydrogen-bond donors (Lipinski definition) is 1. The lowest BCUT2D eigenvalue weighted by Gasteiger charge is -2.33. The molecule has 0 aromatic carbocycles. The third kappa shape index (κ3) is 3.70. The molecule has 1 aliphatic heterocycles. The first-order chi connectivity index (χ1) is 8.37. The summed E-state index contributed by atoms with van der Waals surface area (Å²) in [5, 5.41) is 8.73. The molecule has 0 saturated carbocycles. The molecule has 1 rings (SSSR count). The highest BCUT2D eigenvalue weighted by Crippen LogP contribution is 2.20. The molecule has 18 heavy (non-hydrogen) atoms. The van der Waals surface area contributed by atoms with Crippen molar-refractivity contribution < 1.29 is 18.3 Å². The van der Waals surface area contributed by atoms with Crippen molar-refractivity contribution in [1.82, 2.24) is 8.61 Å². The average Bonchev–Trinajstić information content (AvgIpc) is 2.28. The third-order valence-electron chi connectivity index (χ3n) is 2.85. The van der Waals surface area contributed by atoms with E-state index in [9.17, 15) is 13.2 Å². The molecule has 0 spiro atoms. The summed E-state index contributed by atoms with van der Waals surface area (Å²) < 4.78 is 26.6. The van der Waals surface area contributed by atoms with Crippen molar-refractivity contribution in [1.29, 1.82) is 0 Å². The van der Waals surface area contributed by atoms with E-state index in [1.807, 2.05) is 6.92 Å². The second-order valence-electron chi connectivity index (χ2n) is 4.48. The van der Waals surface area contributed by atoms with Gasteiger partial charge in [-0.05, 0) is 18.8 Å². The molecule has 102 valence electrons. The molecular weight excluding hydrogens is 256 g/mol. The number of carbonyl (C=O) groups is 1. The van der Waals surface area contributed by atoms with Gasteiger partial charge in [0.25, 0.3) is 10.2 Å². The fourth-order valence-corrected chi connectivity index (χ4v) is 3.63. The standard InChI is InChI=1S/C11H18N2O4S/c1-3-6-12(9-11(14)15)18(16,17)13-7-4-5-10(2)8-13/h1,10H,4-9H2,2H3,(H,14,15). The van der Waals surface area contributed by atoms with Crippen LogP contribution in [0.4, 0.5) is 0 Å². The number of rotatable bonds is 5. The molecule has 7 heteroatoms. The SMILES string of the molecule is C#CCN(CC(=O)O)S(=O)(=O)N1CCCC(C)C1. The van der Waals surface area contributed by atoms with Gasteiger partial charge in [-0.1, -0.05) is 12.8 Å². The summed E-state index contributed by atoms with van der Waals surface area (Å²) in [6.45, 7) is 2.00. The Morgan fingerprint density at radius 2 is 2.28 bits per heavy atom. The number of nitrogens with zero attached hydrogens (tertiary/aromatic N) is 2. The highest BCUT2D eigenvalue weighted by atomic mass is 32.2. The lowest BCUT2D eigenvalue weighted by Crippen LogP contribution is -2.49. The molecule has 1 N–H and O–H groups in total. The van der Waals surface area contributed by atoms with Gasteiger partial charge in [0.2, 0.25) is 0 Å². The first kappa shape index (κ1) is 15.0. The van der Waals surface area contributed by atoms with Crippen LogP contribution < -0.4 is 0 Å². The number of aliphatic carboxylic acids is 1. The smallest absolute Gasteiger partial charge is 0.318 e. The Kier molecular flexibility index (Phi) is 5.14. The molecule has 1 fully saturated rings. The van der Waals surface area contributed by atoms with E-state index in [1.165, 1.54) is 4.31 Å². The normalized spacial score (nSPS) is 21.7. The fraction of sp³-hybridized carbons (Fsp3) is 0.727. The summed E-state index contributed by atoms with van der Waals surface area (Å²) in [6, 6.07) is 0. The molecule has 0 aliphatic carbocycles. The van der Waals surface area contributed by atoms with Crippen molar-refractivity contribution in [3.63, 3.8) is 0 Å². The Labute approximate surface area is 108 Å². The molecule has 0 aromatic rings. The predicted molar refractivity (Wildman–Crippen MR) is 66.9 cm³/mol. The predicted octanol–water partition coefficient (Wildman–Crippen LogP) is -0.0171. The van der Waals surface area contributed by atoms with Crippen molar-refractivity contribution in [2.75, 3.05) is 26.2 Å². The molecule has 1 heterocycles. The molecule has 1 saturated heterocycles. The third-order valence-corrected chi connectivity index (χ3v) is 4.75. The Morgan fingerprint density at radius 3 is 2.78 bits per heavy atom. The zero-order valence-corrected chi connectivity index (χ0v) is 11.2. The zero-order chi connectivity index (χ0) is 13.8. The monoisotopic (exact) mass is 274 g/mol. The van der Waals surface area contributed by atoms with Crippen molar-refractivity contribution in [3.8, 4) is 12.3 Å². The molecule has 1 aliphatic rings. The summed E-state index contributed by atoms with van der Waals surface area (Å²) in [5.41, 5.74) is 0. The molecule has 0 aromatic heterocycles. The van der Waals surface area contributed by atoms with Crippen LogP contribution in [0.2, 0.25) is 0 Å². The van der Waals surface area contributed by atoms with Crippen molar-refractivity contribution >= 4 is 16.2 Å². The number of carboxylic acids is 1. The highest BCUT2D eigenvalue weighted by molar-refractivity contribution is 7.86. The second kappa shape index (κ2) is 6.18. The van der Waals surface area contributed by atoms with Gasteiger partial charge < -0.3 is 5.11 Å². The number of terminal acetylenes is 1. The molecule has 1 atom stereocenters. The summed E-state index contributed by atoms with van der Waals surface area (Å²) in [5.74, 6) is 1.26. The minimum absolute atomic E-state index is 0.223. The van der Waals surface area contributed by atoms with Gasteiger partial charge >= 0.3 is 5.97 Å². The molecule has 0 radical (unpaired) electrons. The second-order valence-corrected chi connectivity index (χ2v) is 6.41. The summed E-state index contributed by atoms with van der Waals surface area (Å²) in [4.78, 5) is 10.7. The van der Waals surface area contributed by atoms with Crippen LogP contribution >= 0.6 is 0 Å². The lowest BCUT2D eigenvalue weighted by molar-refractivity contribution is -0.137. The minimum Gasteiger partial charge on any atom is -0.480 e. The summed E-state index contributed by atoms with van der Waals surface area (Å²) in [7, 11) is -3.77. The van der Waals surface area contributed by atoms with Crippen LogP contribution in [0.25, 0.3) is 0 Å². The van der Waals surface area contributed by atoms with E-state index in [2.05, 4.69) is 5.92 Å². The maximum absolute atomic E-state index is 12.2. The maximum Gasteiger partial charge on any atom is 0.318 e. The minimum atomic E-state index is -3.77. The number of hydrogen-bond acceptors (Lipinski definition) is 3. The van der Waals surface area contributed by atoms with E-state index in [0.29, 0.717) is 13.1 Å². The number of piperidine rings is 1. The van der Waals surface area contributed by atoms with E-state index in [4.69, 9.17) is 11.5 Å². The van der Waals surface area contributed by atoms with E-state index in [0.717, 1.165) is 17.1 Å². The molecule has 6 nitrogen and oxygen atoms in total. The average molecular weight is 274 g/mol. The van der Waals surface area contributed by atoms with Gasteiger partial charge in [-0.2, -0.15) is 17.0 Å². The Balaban J connectivity index is 2.87. The highest BCUT2D eigenvalue weighted by Gasteiger charge is 2.33. The van der Waals surface area contributed by atoms with Crippen LogP contribution in [0.15, 0.2) is 0 Å². The van der Waals surface area contributed by atoms with E-state index in [1.54, 1.807) is 0 Å².